The summed E-state index contributed by atoms with van der Waals surface area (Å²) in [7, 11) is 2.88. The number of hydrogen-bond donors (Lipinski definition) is 2. The fraction of sp³-hybridized carbons (Fsp3) is 0.182. The van der Waals surface area contributed by atoms with E-state index in [9.17, 15) is 13.2 Å². The minimum atomic E-state index is -4.55. The van der Waals surface area contributed by atoms with Crippen LogP contribution in [0.25, 0.3) is 5.69 Å². The first kappa shape index (κ1) is 22.8. The molecule has 0 fully saturated rings. The average molecular weight is 471 g/mol. The molecule has 0 saturated carbocycles. The number of rotatable bonds is 7. The first-order chi connectivity index (χ1) is 16.3. The van der Waals surface area contributed by atoms with Gasteiger partial charge in [-0.15, -0.1) is 0 Å². The minimum Gasteiger partial charge on any atom is -0.494 e. The highest BCUT2D eigenvalue weighted by molar-refractivity contribution is 5.64. The zero-order valence-electron chi connectivity index (χ0n) is 18.4. The van der Waals surface area contributed by atoms with E-state index in [1.54, 1.807) is 25.6 Å². The predicted molar refractivity (Wildman–Crippen MR) is 119 cm³/mol. The van der Waals surface area contributed by atoms with E-state index in [-0.39, 0.29) is 23.6 Å². The third-order valence-corrected chi connectivity index (χ3v) is 4.70. The van der Waals surface area contributed by atoms with Crippen LogP contribution in [-0.4, -0.2) is 38.7 Å². The lowest BCUT2D eigenvalue weighted by Crippen LogP contribution is -2.11. The van der Waals surface area contributed by atoms with E-state index in [0.29, 0.717) is 11.4 Å². The van der Waals surface area contributed by atoms with E-state index >= 15 is 0 Å². The smallest absolute Gasteiger partial charge is 0.418 e. The molecule has 0 spiro atoms. The molecule has 0 saturated heterocycles. The topological polar surface area (TPSA) is 99.0 Å². The van der Waals surface area contributed by atoms with Gasteiger partial charge >= 0.3 is 12.2 Å². The highest BCUT2D eigenvalue weighted by Gasteiger charge is 2.33. The molecule has 0 bridgehead atoms. The largest absolute Gasteiger partial charge is 0.494 e. The van der Waals surface area contributed by atoms with Gasteiger partial charge in [0, 0.05) is 18.0 Å². The lowest BCUT2D eigenvalue weighted by atomic mass is 10.1. The molecule has 2 aromatic carbocycles. The van der Waals surface area contributed by atoms with E-state index in [0.717, 1.165) is 17.4 Å². The Hall–Kier alpha value is -4.35. The maximum absolute atomic E-state index is 13.3. The van der Waals surface area contributed by atoms with Crippen LogP contribution in [0.15, 0.2) is 55.0 Å². The summed E-state index contributed by atoms with van der Waals surface area (Å²) in [5, 5.41) is 5.60. The van der Waals surface area contributed by atoms with Crippen molar-refractivity contribution in [1.82, 2.24) is 24.5 Å². The van der Waals surface area contributed by atoms with Gasteiger partial charge in [-0.2, -0.15) is 28.1 Å². The van der Waals surface area contributed by atoms with Crippen LogP contribution in [0.5, 0.6) is 11.8 Å². The summed E-state index contributed by atoms with van der Waals surface area (Å²) >= 11 is 0. The summed E-state index contributed by atoms with van der Waals surface area (Å²) < 4.78 is 52.4. The van der Waals surface area contributed by atoms with Crippen molar-refractivity contribution in [3.05, 3.63) is 66.2 Å². The van der Waals surface area contributed by atoms with E-state index < -0.39 is 11.7 Å². The molecule has 2 heterocycles. The van der Waals surface area contributed by atoms with E-state index in [1.165, 1.54) is 25.3 Å². The van der Waals surface area contributed by atoms with Crippen LogP contribution in [0, 0.1) is 6.92 Å². The molecule has 0 unspecified atom stereocenters. The molecule has 0 radical (unpaired) electrons. The van der Waals surface area contributed by atoms with Crippen LogP contribution in [0.3, 0.4) is 0 Å². The zero-order valence-corrected chi connectivity index (χ0v) is 18.4. The third-order valence-electron chi connectivity index (χ3n) is 4.70. The monoisotopic (exact) mass is 471 g/mol. The number of para-hydroxylation sites is 1. The maximum atomic E-state index is 13.3. The summed E-state index contributed by atoms with van der Waals surface area (Å²) in [6, 6.07) is 10.3. The molecule has 9 nitrogen and oxygen atoms in total. The van der Waals surface area contributed by atoms with Crippen molar-refractivity contribution in [1.29, 1.82) is 0 Å². The van der Waals surface area contributed by atoms with E-state index in [1.807, 2.05) is 23.8 Å². The van der Waals surface area contributed by atoms with Gasteiger partial charge in [0.2, 0.25) is 11.9 Å². The van der Waals surface area contributed by atoms with Crippen LogP contribution in [0.4, 0.5) is 36.4 Å². The summed E-state index contributed by atoms with van der Waals surface area (Å²) in [6.07, 6.45) is -1.01. The van der Waals surface area contributed by atoms with Gasteiger partial charge in [-0.05, 0) is 31.2 Å². The van der Waals surface area contributed by atoms with Gasteiger partial charge < -0.3 is 24.7 Å². The number of alkyl halides is 3. The van der Waals surface area contributed by atoms with Crippen LogP contribution < -0.4 is 20.1 Å². The molecule has 0 amide bonds. The Morgan fingerprint density at radius 3 is 2.29 bits per heavy atom. The second-order valence-corrected chi connectivity index (χ2v) is 7.07. The van der Waals surface area contributed by atoms with Gasteiger partial charge in [0.1, 0.15) is 5.75 Å². The molecule has 0 aliphatic heterocycles. The molecule has 2 N–H and O–H groups in total. The number of halogens is 3. The van der Waals surface area contributed by atoms with Crippen molar-refractivity contribution in [2.75, 3.05) is 24.9 Å². The number of ether oxygens (including phenoxy) is 2. The van der Waals surface area contributed by atoms with Crippen molar-refractivity contribution in [2.24, 2.45) is 0 Å². The van der Waals surface area contributed by atoms with Crippen molar-refractivity contribution in [3.8, 4) is 17.4 Å². The fourth-order valence-electron chi connectivity index (χ4n) is 3.17. The van der Waals surface area contributed by atoms with Crippen LogP contribution >= 0.6 is 0 Å². The van der Waals surface area contributed by atoms with Crippen LogP contribution in [-0.2, 0) is 6.18 Å². The van der Waals surface area contributed by atoms with E-state index in [2.05, 4.69) is 30.6 Å². The lowest BCUT2D eigenvalue weighted by Gasteiger charge is -2.15. The maximum Gasteiger partial charge on any atom is 0.418 e. The predicted octanol–water partition coefficient (Wildman–Crippen LogP) is 4.89. The Morgan fingerprint density at radius 2 is 1.65 bits per heavy atom. The SMILES string of the molecule is COc1nc(Nc2ccc(-n3cnc(C)c3)c(OC)c2)nc(Nc2ccccc2C(F)(F)F)n1. The molecule has 12 heteroatoms. The number of aromatic nitrogens is 5. The molecule has 2 aromatic heterocycles. The molecule has 0 atom stereocenters. The number of nitrogens with zero attached hydrogens (tertiary/aromatic N) is 5. The normalized spacial score (nSPS) is 11.2. The molecule has 4 rings (SSSR count). The Kier molecular flexibility index (Phi) is 6.21. The highest BCUT2D eigenvalue weighted by atomic mass is 19.4. The van der Waals surface area contributed by atoms with Crippen molar-refractivity contribution in [3.63, 3.8) is 0 Å². The quantitative estimate of drug-likeness (QED) is 0.393. The van der Waals surface area contributed by atoms with Gasteiger partial charge in [0.15, 0.2) is 0 Å². The molecule has 176 valence electrons. The van der Waals surface area contributed by atoms with E-state index in [4.69, 9.17) is 9.47 Å². The molecule has 34 heavy (non-hydrogen) atoms. The zero-order chi connectivity index (χ0) is 24.3. The van der Waals surface area contributed by atoms with Gasteiger partial charge in [-0.3, -0.25) is 0 Å². The number of imidazole rings is 1. The molecule has 0 aliphatic carbocycles. The standard InChI is InChI=1S/C22H20F3N7O2/c1-13-11-32(12-26-13)17-9-8-14(10-18(17)33-2)27-19-29-20(31-21(30-19)34-3)28-16-7-5-4-6-15(16)22(23,24)25/h4-12H,1-3H3,(H2,27,28,29,30,31). The summed E-state index contributed by atoms with van der Waals surface area (Å²) in [5.74, 6) is 0.497. The van der Waals surface area contributed by atoms with Gasteiger partial charge in [0.05, 0.1) is 43.2 Å². The number of nitrogens with one attached hydrogen (secondary N) is 2. The van der Waals surface area contributed by atoms with Gasteiger partial charge in [0.25, 0.3) is 0 Å². The van der Waals surface area contributed by atoms with Crippen LogP contribution in [0.2, 0.25) is 0 Å². The average Bonchev–Trinajstić information content (AvgIpc) is 3.24. The van der Waals surface area contributed by atoms with Gasteiger partial charge in [-0.1, -0.05) is 12.1 Å². The Labute approximate surface area is 192 Å². The summed E-state index contributed by atoms with van der Waals surface area (Å²) in [5.41, 5.74) is 1.16. The van der Waals surface area contributed by atoms with Crippen LogP contribution in [0.1, 0.15) is 11.3 Å². The molecule has 4 aromatic rings. The number of benzene rings is 2. The minimum absolute atomic E-state index is 0.0621. The molecular weight excluding hydrogens is 451 g/mol. The summed E-state index contributed by atoms with van der Waals surface area (Å²) in [4.78, 5) is 16.5. The second kappa shape index (κ2) is 9.25. The Balaban J connectivity index is 1.63. The van der Waals surface area contributed by atoms with Crippen molar-refractivity contribution < 1.29 is 22.6 Å². The highest BCUT2D eigenvalue weighted by Crippen LogP contribution is 2.35. The fourth-order valence-corrected chi connectivity index (χ4v) is 3.17. The molecule has 0 aliphatic rings. The first-order valence-corrected chi connectivity index (χ1v) is 9.96. The number of anilines is 4. The second-order valence-electron chi connectivity index (χ2n) is 7.07. The first-order valence-electron chi connectivity index (χ1n) is 9.96. The Morgan fingerprint density at radius 1 is 0.912 bits per heavy atom. The Bertz CT molecular complexity index is 1310. The number of hydrogen-bond acceptors (Lipinski definition) is 8. The third kappa shape index (κ3) is 5.00. The number of aryl methyl sites for hydroxylation is 1. The van der Waals surface area contributed by atoms with Crippen molar-refractivity contribution >= 4 is 23.3 Å². The van der Waals surface area contributed by atoms with Gasteiger partial charge in [-0.25, -0.2) is 4.98 Å². The lowest BCUT2D eigenvalue weighted by molar-refractivity contribution is -0.136. The molecular formula is C22H20F3N7O2. The van der Waals surface area contributed by atoms with Crippen molar-refractivity contribution in [2.45, 2.75) is 13.1 Å². The number of methoxy groups -OCH3 is 2. The summed E-state index contributed by atoms with van der Waals surface area (Å²) in [6.45, 7) is 1.88.